The molecule has 2 fully saturated rings. The van der Waals surface area contributed by atoms with Crippen molar-refractivity contribution in [2.24, 2.45) is 11.1 Å². The molecule has 0 aromatic carbocycles. The number of H-pyrrole nitrogens is 1. The molecule has 0 unspecified atom stereocenters. The molecule has 3 N–H and O–H groups in total. The number of hydrogen-bond acceptors (Lipinski definition) is 4. The van der Waals surface area contributed by atoms with Crippen LogP contribution in [0.2, 0.25) is 0 Å². The second-order valence-corrected chi connectivity index (χ2v) is 6.84. The fourth-order valence-electron chi connectivity index (χ4n) is 3.65. The molecule has 3 rings (SSSR count). The number of aromatic amines is 1. The van der Waals surface area contributed by atoms with Gasteiger partial charge in [-0.15, -0.1) is 24.8 Å². The Hall–Kier alpha value is -1.03. The molecule has 0 spiro atoms. The molecule has 0 atom stereocenters. The summed E-state index contributed by atoms with van der Waals surface area (Å²) in [5.74, 6) is 0.301. The summed E-state index contributed by atoms with van der Waals surface area (Å²) >= 11 is 0. The van der Waals surface area contributed by atoms with Crippen LogP contribution >= 0.6 is 24.8 Å². The molecule has 2 aliphatic heterocycles. The van der Waals surface area contributed by atoms with Crippen LogP contribution in [0.4, 0.5) is 13.2 Å². The molecule has 1 amide bonds. The Morgan fingerprint density at radius 2 is 1.89 bits per heavy atom. The van der Waals surface area contributed by atoms with Crippen LogP contribution in [0.15, 0.2) is 6.20 Å². The maximum atomic E-state index is 12.9. The number of imidazole rings is 1. The lowest BCUT2D eigenvalue weighted by molar-refractivity contribution is -0.148. The molecule has 0 radical (unpaired) electrons. The van der Waals surface area contributed by atoms with Crippen molar-refractivity contribution in [1.29, 1.82) is 0 Å². The Labute approximate surface area is 168 Å². The van der Waals surface area contributed by atoms with Gasteiger partial charge in [-0.05, 0) is 25.7 Å². The number of nitrogens with one attached hydrogen (secondary N) is 1. The number of aromatic nitrogens is 2. The van der Waals surface area contributed by atoms with E-state index in [4.69, 9.17) is 10.5 Å². The number of piperidine rings is 1. The number of alkyl halides is 3. The van der Waals surface area contributed by atoms with Gasteiger partial charge in [0.25, 0.3) is 0 Å². The van der Waals surface area contributed by atoms with E-state index in [1.54, 1.807) is 4.90 Å². The molecule has 0 bridgehead atoms. The third-order valence-electron chi connectivity index (χ3n) is 5.36. The molecule has 2 saturated heterocycles. The quantitative estimate of drug-likeness (QED) is 0.768. The predicted molar refractivity (Wildman–Crippen MR) is 98.2 cm³/mol. The van der Waals surface area contributed by atoms with Crippen LogP contribution < -0.4 is 5.73 Å². The zero-order valence-corrected chi connectivity index (χ0v) is 16.4. The molecule has 0 aliphatic carbocycles. The van der Waals surface area contributed by atoms with Crippen LogP contribution in [-0.2, 0) is 15.7 Å². The van der Waals surface area contributed by atoms with E-state index in [2.05, 4.69) is 9.97 Å². The molecular formula is C16H25Cl2F3N4O2. The highest BCUT2D eigenvalue weighted by atomic mass is 35.5. The van der Waals surface area contributed by atoms with Crippen molar-refractivity contribution in [2.45, 2.75) is 37.8 Å². The molecule has 0 saturated carbocycles. The number of halogens is 5. The average molecular weight is 433 g/mol. The van der Waals surface area contributed by atoms with Crippen molar-refractivity contribution in [3.05, 3.63) is 17.7 Å². The monoisotopic (exact) mass is 432 g/mol. The molecular weight excluding hydrogens is 408 g/mol. The van der Waals surface area contributed by atoms with Gasteiger partial charge in [-0.2, -0.15) is 13.2 Å². The van der Waals surface area contributed by atoms with Crippen LogP contribution in [0.25, 0.3) is 0 Å². The van der Waals surface area contributed by atoms with Gasteiger partial charge in [0.1, 0.15) is 11.5 Å². The smallest absolute Gasteiger partial charge is 0.381 e. The second kappa shape index (κ2) is 9.45. The van der Waals surface area contributed by atoms with Crippen molar-refractivity contribution in [1.82, 2.24) is 14.9 Å². The summed E-state index contributed by atoms with van der Waals surface area (Å²) < 4.78 is 43.4. The highest BCUT2D eigenvalue weighted by Gasteiger charge is 2.42. The molecule has 11 heteroatoms. The minimum absolute atomic E-state index is 0. The largest absolute Gasteiger partial charge is 0.432 e. The Balaban J connectivity index is 0.00000182. The fraction of sp³-hybridized carbons (Fsp3) is 0.750. The van der Waals surface area contributed by atoms with E-state index in [1.165, 1.54) is 0 Å². The number of carbonyl (C=O) groups is 1. The molecule has 27 heavy (non-hydrogen) atoms. The summed E-state index contributed by atoms with van der Waals surface area (Å²) in [4.78, 5) is 21.0. The standard InChI is InChI=1S/C16H23F3N4O2.2ClH/c17-16(18,19)12-9-21-13(22-12)11-1-5-23(6-2-11)14(24)15(10-20)3-7-25-8-4-15;;/h9,11H,1-8,10,20H2,(H,21,22);2*1H. The average Bonchev–Trinajstić information content (AvgIpc) is 3.12. The van der Waals surface area contributed by atoms with Crippen LogP contribution in [0.5, 0.6) is 0 Å². The number of nitrogens with zero attached hydrogens (tertiary/aromatic N) is 2. The summed E-state index contributed by atoms with van der Waals surface area (Å²) in [6, 6.07) is 0. The lowest BCUT2D eigenvalue weighted by Crippen LogP contribution is -2.52. The van der Waals surface area contributed by atoms with E-state index >= 15 is 0 Å². The van der Waals surface area contributed by atoms with Crippen molar-refractivity contribution in [3.8, 4) is 0 Å². The van der Waals surface area contributed by atoms with Crippen molar-refractivity contribution < 1.29 is 22.7 Å². The van der Waals surface area contributed by atoms with Gasteiger partial charge < -0.3 is 20.4 Å². The normalized spacial score (nSPS) is 20.5. The van der Waals surface area contributed by atoms with Crippen molar-refractivity contribution in [3.63, 3.8) is 0 Å². The highest BCUT2D eigenvalue weighted by molar-refractivity contribution is 5.85. The van der Waals surface area contributed by atoms with E-state index in [0.29, 0.717) is 64.4 Å². The molecule has 3 heterocycles. The fourth-order valence-corrected chi connectivity index (χ4v) is 3.65. The number of amides is 1. The summed E-state index contributed by atoms with van der Waals surface area (Å²) in [6.07, 6.45) is -1.16. The minimum atomic E-state index is -4.42. The first kappa shape index (κ1) is 24.0. The Morgan fingerprint density at radius 3 is 2.37 bits per heavy atom. The van der Waals surface area contributed by atoms with E-state index in [9.17, 15) is 18.0 Å². The number of carbonyl (C=O) groups excluding carboxylic acids is 1. The lowest BCUT2D eigenvalue weighted by atomic mass is 9.78. The minimum Gasteiger partial charge on any atom is -0.381 e. The van der Waals surface area contributed by atoms with Gasteiger partial charge in [0.2, 0.25) is 5.91 Å². The Morgan fingerprint density at radius 1 is 1.30 bits per heavy atom. The number of hydrogen-bond donors (Lipinski definition) is 2. The lowest BCUT2D eigenvalue weighted by Gasteiger charge is -2.41. The van der Waals surface area contributed by atoms with Crippen molar-refractivity contribution >= 4 is 30.7 Å². The number of ether oxygens (including phenoxy) is 1. The predicted octanol–water partition coefficient (Wildman–Crippen LogP) is 2.73. The van der Waals surface area contributed by atoms with E-state index in [-0.39, 0.29) is 36.6 Å². The highest BCUT2D eigenvalue weighted by Crippen LogP contribution is 2.35. The summed E-state index contributed by atoms with van der Waals surface area (Å²) in [5.41, 5.74) is 4.50. The maximum absolute atomic E-state index is 12.9. The van der Waals surface area contributed by atoms with Crippen molar-refractivity contribution in [2.75, 3.05) is 32.8 Å². The van der Waals surface area contributed by atoms with Gasteiger partial charge in [-0.3, -0.25) is 4.79 Å². The zero-order valence-electron chi connectivity index (χ0n) is 14.8. The Bertz CT molecular complexity index is 613. The van der Waals surface area contributed by atoms with Gasteiger partial charge in [0.05, 0.1) is 11.6 Å². The third-order valence-corrected chi connectivity index (χ3v) is 5.36. The third kappa shape index (κ3) is 5.07. The summed E-state index contributed by atoms with van der Waals surface area (Å²) in [5, 5.41) is 0. The topological polar surface area (TPSA) is 84.2 Å². The van der Waals surface area contributed by atoms with Crippen LogP contribution in [0, 0.1) is 5.41 Å². The van der Waals surface area contributed by atoms with E-state index in [1.807, 2.05) is 0 Å². The van der Waals surface area contributed by atoms with Crippen LogP contribution in [-0.4, -0.2) is 53.6 Å². The number of rotatable bonds is 3. The molecule has 1 aromatic heterocycles. The van der Waals surface area contributed by atoms with Gasteiger partial charge in [-0.25, -0.2) is 4.98 Å². The molecule has 6 nitrogen and oxygen atoms in total. The number of likely N-dealkylation sites (tertiary alicyclic amines) is 1. The molecule has 2 aliphatic rings. The van der Waals surface area contributed by atoms with E-state index in [0.717, 1.165) is 6.20 Å². The maximum Gasteiger partial charge on any atom is 0.432 e. The van der Waals surface area contributed by atoms with Gasteiger partial charge in [-0.1, -0.05) is 0 Å². The van der Waals surface area contributed by atoms with Gasteiger partial charge >= 0.3 is 6.18 Å². The van der Waals surface area contributed by atoms with Gasteiger partial charge in [0, 0.05) is 38.8 Å². The Kier molecular flexibility index (Phi) is 8.40. The van der Waals surface area contributed by atoms with Gasteiger partial charge in [0.15, 0.2) is 0 Å². The summed E-state index contributed by atoms with van der Waals surface area (Å²) in [6.45, 7) is 2.38. The SMILES string of the molecule is Cl.Cl.NCC1(C(=O)N2CCC(c3ncc(C(F)(F)F)[nH]3)CC2)CCOCC1. The first-order chi connectivity index (χ1) is 11.9. The second-order valence-electron chi connectivity index (χ2n) is 6.84. The van der Waals surface area contributed by atoms with Crippen LogP contribution in [0.3, 0.4) is 0 Å². The number of nitrogens with two attached hydrogens (primary N) is 1. The molecule has 1 aromatic rings. The molecule has 156 valence electrons. The summed E-state index contributed by atoms with van der Waals surface area (Å²) in [7, 11) is 0. The zero-order chi connectivity index (χ0) is 18.1. The van der Waals surface area contributed by atoms with E-state index < -0.39 is 17.3 Å². The van der Waals surface area contributed by atoms with Crippen LogP contribution in [0.1, 0.15) is 43.1 Å². The first-order valence-electron chi connectivity index (χ1n) is 8.55. The first-order valence-corrected chi connectivity index (χ1v) is 8.55.